The van der Waals surface area contributed by atoms with Gasteiger partial charge in [0.25, 0.3) is 0 Å². The predicted octanol–water partition coefficient (Wildman–Crippen LogP) is 3.02. The van der Waals surface area contributed by atoms with E-state index in [1.807, 2.05) is 38.1 Å². The van der Waals surface area contributed by atoms with E-state index in [0.717, 1.165) is 4.90 Å². The van der Waals surface area contributed by atoms with E-state index in [1.54, 1.807) is 0 Å². The highest BCUT2D eigenvalue weighted by molar-refractivity contribution is 8.13. The zero-order chi connectivity index (χ0) is 8.97. The topological polar surface area (TPSA) is 17.1 Å². The van der Waals surface area contributed by atoms with Crippen molar-refractivity contribution in [1.82, 2.24) is 0 Å². The van der Waals surface area contributed by atoms with Crippen molar-refractivity contribution in [2.45, 2.75) is 25.2 Å². The first-order valence-electron chi connectivity index (χ1n) is 3.99. The molecule has 1 rings (SSSR count). The third-order valence-corrected chi connectivity index (χ3v) is 2.57. The maximum Gasteiger partial charge on any atom is 0.193 e. The van der Waals surface area contributed by atoms with Gasteiger partial charge in [0.1, 0.15) is 0 Å². The van der Waals surface area contributed by atoms with Crippen LogP contribution in [-0.4, -0.2) is 5.12 Å². The minimum Gasteiger partial charge on any atom is -0.287 e. The fourth-order valence-corrected chi connectivity index (χ4v) is 1.49. The summed E-state index contributed by atoms with van der Waals surface area (Å²) in [5.74, 6) is 0. The van der Waals surface area contributed by atoms with Gasteiger partial charge in [0, 0.05) is 11.3 Å². The third kappa shape index (κ3) is 2.70. The zero-order valence-electron chi connectivity index (χ0n) is 7.33. The van der Waals surface area contributed by atoms with Crippen LogP contribution in [0.5, 0.6) is 0 Å². The van der Waals surface area contributed by atoms with E-state index in [-0.39, 0.29) is 5.12 Å². The van der Waals surface area contributed by atoms with Crippen molar-refractivity contribution in [1.29, 1.82) is 0 Å². The molecule has 0 saturated heterocycles. The Balaban J connectivity index is 2.64. The summed E-state index contributed by atoms with van der Waals surface area (Å²) in [6.45, 7) is 3.92. The first-order chi connectivity index (χ1) is 5.72. The SMILES string of the molecule is CCC(=O)Sc1ccc(C)cc1. The maximum absolute atomic E-state index is 11.0. The molecule has 0 bridgehead atoms. The summed E-state index contributed by atoms with van der Waals surface area (Å²) in [6.07, 6.45) is 0.596. The van der Waals surface area contributed by atoms with Crippen LogP contribution in [0.25, 0.3) is 0 Å². The Kier molecular flexibility index (Phi) is 3.35. The number of aryl methyl sites for hydroxylation is 1. The van der Waals surface area contributed by atoms with E-state index < -0.39 is 0 Å². The molecular formula is C10H12OS. The van der Waals surface area contributed by atoms with E-state index >= 15 is 0 Å². The molecule has 0 aliphatic heterocycles. The van der Waals surface area contributed by atoms with Crippen LogP contribution in [-0.2, 0) is 4.79 Å². The van der Waals surface area contributed by atoms with Gasteiger partial charge in [-0.05, 0) is 19.1 Å². The lowest BCUT2D eigenvalue weighted by atomic mass is 10.2. The average molecular weight is 180 g/mol. The van der Waals surface area contributed by atoms with E-state index in [0.29, 0.717) is 6.42 Å². The lowest BCUT2D eigenvalue weighted by molar-refractivity contribution is -0.110. The summed E-state index contributed by atoms with van der Waals surface area (Å²) >= 11 is 1.31. The van der Waals surface area contributed by atoms with Crippen molar-refractivity contribution in [2.24, 2.45) is 0 Å². The molecule has 0 radical (unpaired) electrons. The van der Waals surface area contributed by atoms with Gasteiger partial charge in [-0.2, -0.15) is 0 Å². The van der Waals surface area contributed by atoms with Crippen LogP contribution in [0.3, 0.4) is 0 Å². The molecule has 0 atom stereocenters. The molecule has 2 heteroatoms. The molecule has 1 aromatic rings. The highest BCUT2D eigenvalue weighted by Crippen LogP contribution is 2.19. The van der Waals surface area contributed by atoms with Crippen LogP contribution in [0.15, 0.2) is 29.2 Å². The van der Waals surface area contributed by atoms with Gasteiger partial charge < -0.3 is 0 Å². The monoisotopic (exact) mass is 180 g/mol. The lowest BCUT2D eigenvalue weighted by Crippen LogP contribution is -1.86. The molecule has 0 heterocycles. The van der Waals surface area contributed by atoms with Crippen molar-refractivity contribution < 1.29 is 4.79 Å². The molecular weight excluding hydrogens is 168 g/mol. The van der Waals surface area contributed by atoms with Gasteiger partial charge in [-0.15, -0.1) is 0 Å². The van der Waals surface area contributed by atoms with Crippen LogP contribution < -0.4 is 0 Å². The van der Waals surface area contributed by atoms with Gasteiger partial charge in [-0.1, -0.05) is 36.4 Å². The fraction of sp³-hybridized carbons (Fsp3) is 0.300. The van der Waals surface area contributed by atoms with Crippen LogP contribution in [0.1, 0.15) is 18.9 Å². The van der Waals surface area contributed by atoms with Crippen molar-refractivity contribution in [2.75, 3.05) is 0 Å². The molecule has 12 heavy (non-hydrogen) atoms. The van der Waals surface area contributed by atoms with Gasteiger partial charge >= 0.3 is 0 Å². The molecule has 0 unspecified atom stereocenters. The number of hydrogen-bond donors (Lipinski definition) is 0. The maximum atomic E-state index is 11.0. The molecule has 0 aromatic heterocycles. The van der Waals surface area contributed by atoms with Crippen molar-refractivity contribution in [3.05, 3.63) is 29.8 Å². The molecule has 0 saturated carbocycles. The summed E-state index contributed by atoms with van der Waals surface area (Å²) < 4.78 is 0. The zero-order valence-corrected chi connectivity index (χ0v) is 8.15. The lowest BCUT2D eigenvalue weighted by Gasteiger charge is -1.98. The number of carbonyl (C=O) groups excluding carboxylic acids is 1. The van der Waals surface area contributed by atoms with Gasteiger partial charge in [-0.3, -0.25) is 4.79 Å². The Labute approximate surface area is 77.2 Å². The molecule has 1 nitrogen and oxygen atoms in total. The van der Waals surface area contributed by atoms with Crippen molar-refractivity contribution in [3.63, 3.8) is 0 Å². The Hall–Kier alpha value is -0.760. The summed E-state index contributed by atoms with van der Waals surface area (Å²) in [5.41, 5.74) is 1.23. The number of carbonyl (C=O) groups is 1. The van der Waals surface area contributed by atoms with Gasteiger partial charge in [0.15, 0.2) is 5.12 Å². The average Bonchev–Trinajstić information content (AvgIpc) is 2.09. The highest BCUT2D eigenvalue weighted by Gasteiger charge is 2.00. The first-order valence-corrected chi connectivity index (χ1v) is 4.81. The molecule has 0 N–H and O–H groups in total. The Bertz CT molecular complexity index is 264. The second kappa shape index (κ2) is 4.31. The molecule has 0 spiro atoms. The number of benzene rings is 1. The van der Waals surface area contributed by atoms with Gasteiger partial charge in [-0.25, -0.2) is 0 Å². The fourth-order valence-electron chi connectivity index (χ4n) is 0.810. The molecule has 64 valence electrons. The standard InChI is InChI=1S/C10H12OS/c1-3-10(11)12-9-6-4-8(2)5-7-9/h4-7H,3H2,1-2H3. The molecule has 0 amide bonds. The minimum atomic E-state index is 0.221. The number of thioether (sulfide) groups is 1. The second-order valence-electron chi connectivity index (χ2n) is 2.64. The second-order valence-corrected chi connectivity index (χ2v) is 3.77. The molecule has 0 aliphatic rings. The Morgan fingerprint density at radius 3 is 2.42 bits per heavy atom. The van der Waals surface area contributed by atoms with E-state index in [4.69, 9.17) is 0 Å². The normalized spacial score (nSPS) is 9.83. The Morgan fingerprint density at radius 2 is 1.92 bits per heavy atom. The quantitative estimate of drug-likeness (QED) is 0.651. The molecule has 1 aromatic carbocycles. The third-order valence-electron chi connectivity index (χ3n) is 1.54. The van der Waals surface area contributed by atoms with Crippen molar-refractivity contribution >= 4 is 16.9 Å². The van der Waals surface area contributed by atoms with E-state index in [2.05, 4.69) is 0 Å². The van der Waals surface area contributed by atoms with E-state index in [9.17, 15) is 4.79 Å². The van der Waals surface area contributed by atoms with Gasteiger partial charge in [0.05, 0.1) is 0 Å². The van der Waals surface area contributed by atoms with Gasteiger partial charge in [0.2, 0.25) is 0 Å². The summed E-state index contributed by atoms with van der Waals surface area (Å²) in [4.78, 5) is 12.1. The summed E-state index contributed by atoms with van der Waals surface area (Å²) in [5, 5.41) is 0.221. The van der Waals surface area contributed by atoms with Crippen LogP contribution in [0.4, 0.5) is 0 Å². The minimum absolute atomic E-state index is 0.221. The smallest absolute Gasteiger partial charge is 0.193 e. The van der Waals surface area contributed by atoms with E-state index in [1.165, 1.54) is 17.3 Å². The van der Waals surface area contributed by atoms with Crippen LogP contribution in [0.2, 0.25) is 0 Å². The molecule has 0 aliphatic carbocycles. The highest BCUT2D eigenvalue weighted by atomic mass is 32.2. The molecule has 0 fully saturated rings. The Morgan fingerprint density at radius 1 is 1.33 bits per heavy atom. The van der Waals surface area contributed by atoms with Crippen LogP contribution >= 0.6 is 11.8 Å². The van der Waals surface area contributed by atoms with Crippen LogP contribution in [0, 0.1) is 6.92 Å². The summed E-state index contributed by atoms with van der Waals surface area (Å²) in [6, 6.07) is 8.00. The van der Waals surface area contributed by atoms with Crippen molar-refractivity contribution in [3.8, 4) is 0 Å². The summed E-state index contributed by atoms with van der Waals surface area (Å²) in [7, 11) is 0. The predicted molar refractivity (Wildman–Crippen MR) is 52.3 cm³/mol. The number of hydrogen-bond acceptors (Lipinski definition) is 2. The largest absolute Gasteiger partial charge is 0.287 e. The number of rotatable bonds is 2. The first kappa shape index (κ1) is 9.33.